The van der Waals surface area contributed by atoms with Crippen LogP contribution >= 0.6 is 11.8 Å². The highest BCUT2D eigenvalue weighted by Crippen LogP contribution is 2.22. The highest BCUT2D eigenvalue weighted by Gasteiger charge is 2.10. The number of rotatable bonds is 7. The molecular formula is C16H23N3S. The van der Waals surface area contributed by atoms with Gasteiger partial charge in [-0.05, 0) is 25.0 Å². The number of imidazole rings is 1. The minimum absolute atomic E-state index is 0.137. The fourth-order valence-corrected chi connectivity index (χ4v) is 3.17. The predicted molar refractivity (Wildman–Crippen MR) is 86.1 cm³/mol. The van der Waals surface area contributed by atoms with Crippen molar-refractivity contribution in [3.63, 3.8) is 0 Å². The van der Waals surface area contributed by atoms with E-state index < -0.39 is 0 Å². The van der Waals surface area contributed by atoms with E-state index in [1.807, 2.05) is 24.2 Å². The van der Waals surface area contributed by atoms with Crippen LogP contribution in [0.1, 0.15) is 24.7 Å². The maximum absolute atomic E-state index is 6.25. The molecular weight excluding hydrogens is 266 g/mol. The van der Waals surface area contributed by atoms with Crippen LogP contribution in [-0.2, 0) is 13.0 Å². The number of hydrogen-bond donors (Lipinski definition) is 1. The molecule has 0 saturated carbocycles. The molecule has 2 aromatic rings. The van der Waals surface area contributed by atoms with E-state index in [1.54, 1.807) is 0 Å². The van der Waals surface area contributed by atoms with Crippen LogP contribution < -0.4 is 5.73 Å². The molecule has 2 N–H and O–H groups in total. The van der Waals surface area contributed by atoms with Gasteiger partial charge in [0.05, 0.1) is 0 Å². The molecule has 1 unspecified atom stereocenters. The molecule has 0 bridgehead atoms. The summed E-state index contributed by atoms with van der Waals surface area (Å²) in [7, 11) is 0. The minimum Gasteiger partial charge on any atom is -0.335 e. The van der Waals surface area contributed by atoms with E-state index in [4.69, 9.17) is 5.73 Å². The molecule has 0 aliphatic carbocycles. The van der Waals surface area contributed by atoms with Crippen molar-refractivity contribution in [2.24, 2.45) is 5.73 Å². The molecule has 0 spiro atoms. The summed E-state index contributed by atoms with van der Waals surface area (Å²) >= 11 is 1.83. The molecule has 0 aliphatic rings. The summed E-state index contributed by atoms with van der Waals surface area (Å²) in [6, 6.07) is 8.58. The smallest absolute Gasteiger partial charge is 0.110 e. The van der Waals surface area contributed by atoms with Gasteiger partial charge in [0.1, 0.15) is 5.82 Å². The second kappa shape index (κ2) is 7.50. The van der Waals surface area contributed by atoms with Crippen LogP contribution in [0.3, 0.4) is 0 Å². The number of benzene rings is 1. The van der Waals surface area contributed by atoms with Crippen LogP contribution in [0.15, 0.2) is 41.6 Å². The van der Waals surface area contributed by atoms with Gasteiger partial charge < -0.3 is 10.3 Å². The van der Waals surface area contributed by atoms with Gasteiger partial charge >= 0.3 is 0 Å². The molecule has 20 heavy (non-hydrogen) atoms. The minimum atomic E-state index is 0.137. The van der Waals surface area contributed by atoms with Crippen LogP contribution in [0.2, 0.25) is 0 Å². The van der Waals surface area contributed by atoms with Crippen molar-refractivity contribution < 1.29 is 0 Å². The Morgan fingerprint density at radius 2 is 2.15 bits per heavy atom. The standard InChI is InChI=1S/C16H23N3S/c1-3-9-19-10-8-18-16(19)11-14(17)12-20-15-7-5-4-6-13(15)2/h4-8,10,14H,3,9,11-12,17H2,1-2H3. The average Bonchev–Trinajstić information content (AvgIpc) is 2.86. The van der Waals surface area contributed by atoms with Gasteiger partial charge in [-0.15, -0.1) is 11.8 Å². The maximum Gasteiger partial charge on any atom is 0.110 e. The van der Waals surface area contributed by atoms with E-state index in [0.717, 1.165) is 31.0 Å². The lowest BCUT2D eigenvalue weighted by atomic mass is 10.2. The van der Waals surface area contributed by atoms with Crippen molar-refractivity contribution in [2.75, 3.05) is 5.75 Å². The lowest BCUT2D eigenvalue weighted by Gasteiger charge is -2.13. The number of aromatic nitrogens is 2. The Hall–Kier alpha value is -1.26. The number of nitrogens with two attached hydrogens (primary N) is 1. The maximum atomic E-state index is 6.25. The summed E-state index contributed by atoms with van der Waals surface area (Å²) in [5.74, 6) is 2.02. The first kappa shape index (κ1) is 15.1. The Kier molecular flexibility index (Phi) is 5.68. The Balaban J connectivity index is 1.88. The number of hydrogen-bond acceptors (Lipinski definition) is 3. The molecule has 2 rings (SSSR count). The summed E-state index contributed by atoms with van der Waals surface area (Å²) < 4.78 is 2.21. The van der Waals surface area contributed by atoms with Gasteiger partial charge in [-0.2, -0.15) is 0 Å². The highest BCUT2D eigenvalue weighted by atomic mass is 32.2. The molecule has 1 heterocycles. The molecule has 1 aromatic carbocycles. The fraction of sp³-hybridized carbons (Fsp3) is 0.438. The van der Waals surface area contributed by atoms with Gasteiger partial charge in [0, 0.05) is 42.0 Å². The number of aryl methyl sites for hydroxylation is 2. The summed E-state index contributed by atoms with van der Waals surface area (Å²) in [5.41, 5.74) is 7.57. The third-order valence-electron chi connectivity index (χ3n) is 3.26. The molecule has 1 atom stereocenters. The Morgan fingerprint density at radius 1 is 1.35 bits per heavy atom. The van der Waals surface area contributed by atoms with Crippen LogP contribution in [0.4, 0.5) is 0 Å². The first-order valence-electron chi connectivity index (χ1n) is 7.14. The van der Waals surface area contributed by atoms with Crippen molar-refractivity contribution in [3.05, 3.63) is 48.0 Å². The van der Waals surface area contributed by atoms with Gasteiger partial charge in [-0.1, -0.05) is 25.1 Å². The SMILES string of the molecule is CCCn1ccnc1CC(N)CSc1ccccc1C. The van der Waals surface area contributed by atoms with Crippen molar-refractivity contribution in [1.29, 1.82) is 0 Å². The summed E-state index contributed by atoms with van der Waals surface area (Å²) in [5, 5.41) is 0. The van der Waals surface area contributed by atoms with Crippen molar-refractivity contribution in [1.82, 2.24) is 9.55 Å². The molecule has 0 fully saturated rings. The van der Waals surface area contributed by atoms with Crippen LogP contribution in [0.25, 0.3) is 0 Å². The first-order chi connectivity index (χ1) is 9.70. The lowest BCUT2D eigenvalue weighted by molar-refractivity contribution is 0.607. The molecule has 1 aromatic heterocycles. The topological polar surface area (TPSA) is 43.8 Å². The van der Waals surface area contributed by atoms with E-state index in [0.29, 0.717) is 0 Å². The number of nitrogens with zero attached hydrogens (tertiary/aromatic N) is 2. The molecule has 0 saturated heterocycles. The normalized spacial score (nSPS) is 12.6. The summed E-state index contributed by atoms with van der Waals surface area (Å²) in [6.45, 7) is 5.34. The molecule has 4 heteroatoms. The zero-order chi connectivity index (χ0) is 14.4. The third-order valence-corrected chi connectivity index (χ3v) is 4.62. The monoisotopic (exact) mass is 289 g/mol. The van der Waals surface area contributed by atoms with Gasteiger partial charge in [0.25, 0.3) is 0 Å². The van der Waals surface area contributed by atoms with Crippen molar-refractivity contribution in [2.45, 2.75) is 44.2 Å². The quantitative estimate of drug-likeness (QED) is 0.796. The summed E-state index contributed by atoms with van der Waals surface area (Å²) in [6.07, 6.45) is 5.87. The fourth-order valence-electron chi connectivity index (χ4n) is 2.18. The lowest BCUT2D eigenvalue weighted by Crippen LogP contribution is -2.27. The van der Waals surface area contributed by atoms with Gasteiger partial charge in [-0.3, -0.25) is 0 Å². The highest BCUT2D eigenvalue weighted by molar-refractivity contribution is 7.99. The largest absolute Gasteiger partial charge is 0.335 e. The summed E-state index contributed by atoms with van der Waals surface area (Å²) in [4.78, 5) is 5.74. The molecule has 108 valence electrons. The van der Waals surface area contributed by atoms with E-state index in [-0.39, 0.29) is 6.04 Å². The third kappa shape index (κ3) is 4.12. The second-order valence-electron chi connectivity index (χ2n) is 5.08. The van der Waals surface area contributed by atoms with E-state index >= 15 is 0 Å². The van der Waals surface area contributed by atoms with Gasteiger partial charge in [-0.25, -0.2) is 4.98 Å². The van der Waals surface area contributed by atoms with Crippen LogP contribution in [0.5, 0.6) is 0 Å². The van der Waals surface area contributed by atoms with Gasteiger partial charge in [0.15, 0.2) is 0 Å². The van der Waals surface area contributed by atoms with E-state index in [2.05, 4.69) is 47.7 Å². The molecule has 0 amide bonds. The number of thioether (sulfide) groups is 1. The Bertz CT molecular complexity index is 536. The molecule has 0 radical (unpaired) electrons. The van der Waals surface area contributed by atoms with Crippen LogP contribution in [0, 0.1) is 6.92 Å². The van der Waals surface area contributed by atoms with Crippen molar-refractivity contribution >= 4 is 11.8 Å². The Labute approximate surface area is 125 Å². The Morgan fingerprint density at radius 3 is 2.90 bits per heavy atom. The van der Waals surface area contributed by atoms with E-state index in [9.17, 15) is 0 Å². The second-order valence-corrected chi connectivity index (χ2v) is 6.14. The molecule has 3 nitrogen and oxygen atoms in total. The van der Waals surface area contributed by atoms with Crippen LogP contribution in [-0.4, -0.2) is 21.3 Å². The molecule has 0 aliphatic heterocycles. The van der Waals surface area contributed by atoms with Crippen molar-refractivity contribution in [3.8, 4) is 0 Å². The zero-order valence-corrected chi connectivity index (χ0v) is 13.1. The predicted octanol–water partition coefficient (Wildman–Crippen LogP) is 3.26. The average molecular weight is 289 g/mol. The first-order valence-corrected chi connectivity index (χ1v) is 8.13. The zero-order valence-electron chi connectivity index (χ0n) is 12.2. The van der Waals surface area contributed by atoms with Gasteiger partial charge in [0.2, 0.25) is 0 Å². The van der Waals surface area contributed by atoms with E-state index in [1.165, 1.54) is 10.5 Å².